The molecule has 2 unspecified atom stereocenters. The van der Waals surface area contributed by atoms with Crippen molar-refractivity contribution < 1.29 is 19.1 Å². The highest BCUT2D eigenvalue weighted by Gasteiger charge is 2.52. The molecule has 14 nitrogen and oxygen atoms in total. The Labute approximate surface area is 329 Å². The Hall–Kier alpha value is -5.76. The van der Waals surface area contributed by atoms with E-state index in [-0.39, 0.29) is 40.8 Å². The molecular weight excluding hydrogens is 732 g/mol. The van der Waals surface area contributed by atoms with E-state index in [1.54, 1.807) is 0 Å². The second-order valence-electron chi connectivity index (χ2n) is 15.3. The molecule has 3 aliphatic rings. The van der Waals surface area contributed by atoms with Crippen molar-refractivity contribution >= 4 is 35.3 Å². The number of hydrazine groups is 1. The van der Waals surface area contributed by atoms with Gasteiger partial charge in [0.25, 0.3) is 0 Å². The van der Waals surface area contributed by atoms with Gasteiger partial charge in [0.1, 0.15) is 17.7 Å². The number of hydrogen-bond donors (Lipinski definition) is 5. The molecule has 2 bridgehead atoms. The number of imidazole rings is 2. The van der Waals surface area contributed by atoms with Gasteiger partial charge in [-0.2, -0.15) is 0 Å². The SMILES string of the molecule is COC(=O)N[C@H](C(=O)N1CCC[C@H]1c1ncc(-c2ccc(-c3ccc(-c4cnc([C@H]5C6CCC(C6)[C@@H]5C(=O)NNc5nccnc5Cl)[nH]4)cc3)cc2)[nH]1)C(C)C. The highest BCUT2D eigenvalue weighted by Crippen LogP contribution is 2.56. The van der Waals surface area contributed by atoms with Gasteiger partial charge in [0.2, 0.25) is 11.8 Å². The summed E-state index contributed by atoms with van der Waals surface area (Å²) < 4.78 is 4.76. The number of halogens is 1. The number of H-pyrrole nitrogens is 2. The van der Waals surface area contributed by atoms with Gasteiger partial charge in [0.05, 0.1) is 42.9 Å². The van der Waals surface area contributed by atoms with Crippen molar-refractivity contribution in [3.8, 4) is 33.6 Å². The lowest BCUT2D eigenvalue weighted by molar-refractivity contribution is -0.135. The number of amides is 3. The Morgan fingerprint density at radius 3 is 2.07 bits per heavy atom. The van der Waals surface area contributed by atoms with Crippen molar-refractivity contribution in [2.24, 2.45) is 23.7 Å². The summed E-state index contributed by atoms with van der Waals surface area (Å²) in [5, 5.41) is 2.89. The predicted octanol–water partition coefficient (Wildman–Crippen LogP) is 6.89. The van der Waals surface area contributed by atoms with Crippen molar-refractivity contribution in [1.29, 1.82) is 0 Å². The topological polar surface area (TPSA) is 183 Å². The van der Waals surface area contributed by atoms with Crippen LogP contribution in [0.25, 0.3) is 33.6 Å². The molecule has 4 heterocycles. The van der Waals surface area contributed by atoms with Crippen molar-refractivity contribution in [1.82, 2.24) is 45.5 Å². The summed E-state index contributed by atoms with van der Waals surface area (Å²) in [7, 11) is 1.29. The van der Waals surface area contributed by atoms with E-state index in [9.17, 15) is 14.4 Å². The van der Waals surface area contributed by atoms with Crippen molar-refractivity contribution in [3.63, 3.8) is 0 Å². The van der Waals surface area contributed by atoms with Crippen LogP contribution in [0.15, 0.2) is 73.3 Å². The van der Waals surface area contributed by atoms with E-state index in [2.05, 4.69) is 89.6 Å². The minimum Gasteiger partial charge on any atom is -0.453 e. The lowest BCUT2D eigenvalue weighted by atomic mass is 9.78. The summed E-state index contributed by atoms with van der Waals surface area (Å²) in [6.07, 6.45) is 10.8. The highest BCUT2D eigenvalue weighted by atomic mass is 35.5. The summed E-state index contributed by atoms with van der Waals surface area (Å²) >= 11 is 6.12. The molecule has 0 spiro atoms. The molecule has 3 amide bonds. The standard InChI is InChI=1S/C41H45ClN10O4/c1-22(2)34(49-41(55)56-3)40(54)52-18-4-5-31(52)36-45-20-29(47-36)25-10-6-23(7-11-25)24-8-12-26(13-9-24)30-21-46-37(48-30)32-27-14-15-28(19-27)33(32)39(53)51-50-38-35(42)43-16-17-44-38/h6-13,16-17,20-22,27-28,31-34H,4-5,14-15,18-19H2,1-3H3,(H,44,50)(H,45,47)(H,46,48)(H,49,55)(H,51,53)/t27?,28?,31-,32-,33-,34-/m0/s1. The van der Waals surface area contributed by atoms with Gasteiger partial charge < -0.3 is 24.9 Å². The van der Waals surface area contributed by atoms with Gasteiger partial charge in [-0.05, 0) is 72.1 Å². The van der Waals surface area contributed by atoms with Crippen LogP contribution in [-0.4, -0.2) is 72.4 Å². The fourth-order valence-electron chi connectivity index (χ4n) is 8.85. The number of alkyl carbamates (subject to hydrolysis) is 1. The van der Waals surface area contributed by atoms with E-state index in [1.165, 1.54) is 19.5 Å². The first-order valence-corrected chi connectivity index (χ1v) is 19.5. The van der Waals surface area contributed by atoms with Gasteiger partial charge in [-0.3, -0.25) is 20.4 Å². The van der Waals surface area contributed by atoms with Crippen molar-refractivity contribution in [2.75, 3.05) is 19.1 Å². The Morgan fingerprint density at radius 1 is 0.821 bits per heavy atom. The number of likely N-dealkylation sites (tertiary alicyclic amines) is 1. The van der Waals surface area contributed by atoms with Crippen LogP contribution < -0.4 is 16.2 Å². The number of ether oxygens (including phenoxy) is 1. The van der Waals surface area contributed by atoms with Crippen LogP contribution in [0.1, 0.15) is 69.6 Å². The Bertz CT molecular complexity index is 2200. The Balaban J connectivity index is 0.918. The lowest BCUT2D eigenvalue weighted by Gasteiger charge is -2.30. The van der Waals surface area contributed by atoms with E-state index in [0.29, 0.717) is 24.2 Å². The van der Waals surface area contributed by atoms with Crippen molar-refractivity contribution in [3.05, 3.63) is 90.1 Å². The first-order chi connectivity index (χ1) is 27.2. The number of aromatic nitrogens is 6. The molecule has 2 aromatic carbocycles. The summed E-state index contributed by atoms with van der Waals surface area (Å²) in [6, 6.07) is 15.8. The zero-order chi connectivity index (χ0) is 38.9. The Kier molecular flexibility index (Phi) is 10.5. The summed E-state index contributed by atoms with van der Waals surface area (Å²) in [4.78, 5) is 65.4. The second kappa shape index (κ2) is 15.8. The number of aromatic amines is 2. The number of benzene rings is 2. The molecule has 0 radical (unpaired) electrons. The van der Waals surface area contributed by atoms with E-state index in [4.69, 9.17) is 21.3 Å². The van der Waals surface area contributed by atoms with Crippen molar-refractivity contribution in [2.45, 2.75) is 64.0 Å². The molecule has 290 valence electrons. The van der Waals surface area contributed by atoms with Gasteiger partial charge in [-0.25, -0.2) is 24.7 Å². The Morgan fingerprint density at radius 2 is 1.43 bits per heavy atom. The largest absolute Gasteiger partial charge is 0.453 e. The third-order valence-electron chi connectivity index (χ3n) is 11.7. The van der Waals surface area contributed by atoms with Crippen LogP contribution in [0.5, 0.6) is 0 Å². The van der Waals surface area contributed by atoms with Gasteiger partial charge >= 0.3 is 6.09 Å². The molecule has 5 aromatic rings. The molecule has 15 heteroatoms. The molecule has 6 atom stereocenters. The number of anilines is 1. The molecule has 1 saturated heterocycles. The van der Waals surface area contributed by atoms with E-state index in [0.717, 1.165) is 77.4 Å². The van der Waals surface area contributed by atoms with Crippen LogP contribution in [0.4, 0.5) is 10.6 Å². The lowest BCUT2D eigenvalue weighted by Crippen LogP contribution is -2.51. The number of carbonyl (C=O) groups is 3. The number of methoxy groups -OCH3 is 1. The first kappa shape index (κ1) is 37.2. The summed E-state index contributed by atoms with van der Waals surface area (Å²) in [5.74, 6) is 2.03. The number of nitrogens with zero attached hydrogens (tertiary/aromatic N) is 5. The molecule has 2 saturated carbocycles. The molecule has 56 heavy (non-hydrogen) atoms. The van der Waals surface area contributed by atoms with E-state index < -0.39 is 12.1 Å². The maximum Gasteiger partial charge on any atom is 0.407 e. The average Bonchev–Trinajstić information content (AvgIpc) is 4.08. The zero-order valence-corrected chi connectivity index (χ0v) is 32.2. The monoisotopic (exact) mass is 776 g/mol. The molecule has 1 aliphatic heterocycles. The third-order valence-corrected chi connectivity index (χ3v) is 11.9. The smallest absolute Gasteiger partial charge is 0.407 e. The highest BCUT2D eigenvalue weighted by molar-refractivity contribution is 6.31. The minimum absolute atomic E-state index is 0.00229. The molecule has 3 fully saturated rings. The number of rotatable bonds is 11. The van der Waals surface area contributed by atoms with Gasteiger partial charge in [0.15, 0.2) is 11.0 Å². The summed E-state index contributed by atoms with van der Waals surface area (Å²) in [5.41, 5.74) is 11.6. The normalized spacial score (nSPS) is 21.9. The third kappa shape index (κ3) is 7.32. The van der Waals surface area contributed by atoms with Crippen LogP contribution in [0.2, 0.25) is 5.15 Å². The van der Waals surface area contributed by atoms with Gasteiger partial charge in [0, 0.05) is 24.9 Å². The number of carbonyl (C=O) groups excluding carboxylic acids is 3. The number of nitrogens with one attached hydrogen (secondary N) is 5. The maximum atomic E-state index is 13.5. The molecule has 3 aromatic heterocycles. The van der Waals surface area contributed by atoms with Crippen LogP contribution in [0, 0.1) is 23.7 Å². The van der Waals surface area contributed by atoms with E-state index >= 15 is 0 Å². The fraction of sp³-hybridized carbons (Fsp3) is 0.390. The number of fused-ring (bicyclic) bond motifs is 2. The van der Waals surface area contributed by atoms with Crippen LogP contribution in [-0.2, 0) is 14.3 Å². The average molecular weight is 777 g/mol. The zero-order valence-electron chi connectivity index (χ0n) is 31.5. The molecule has 8 rings (SSSR count). The second-order valence-corrected chi connectivity index (χ2v) is 15.6. The predicted molar refractivity (Wildman–Crippen MR) is 211 cm³/mol. The minimum atomic E-state index is -0.683. The van der Waals surface area contributed by atoms with Crippen LogP contribution in [0.3, 0.4) is 0 Å². The van der Waals surface area contributed by atoms with Gasteiger partial charge in [-0.1, -0.05) is 74.0 Å². The quantitative estimate of drug-likeness (QED) is 0.0892. The molecule has 2 aliphatic carbocycles. The van der Waals surface area contributed by atoms with Crippen LogP contribution >= 0.6 is 11.6 Å². The maximum absolute atomic E-state index is 13.5. The molecule has 5 N–H and O–H groups in total. The molecular formula is C41H45ClN10O4. The number of hydrogen-bond acceptors (Lipinski definition) is 9. The fourth-order valence-corrected chi connectivity index (χ4v) is 9.01. The van der Waals surface area contributed by atoms with Gasteiger partial charge in [-0.15, -0.1) is 0 Å². The van der Waals surface area contributed by atoms with E-state index in [1.807, 2.05) is 31.1 Å². The first-order valence-electron chi connectivity index (χ1n) is 19.2. The summed E-state index contributed by atoms with van der Waals surface area (Å²) in [6.45, 7) is 4.41.